The summed E-state index contributed by atoms with van der Waals surface area (Å²) in [5.41, 5.74) is 6.77. The van der Waals surface area contributed by atoms with Gasteiger partial charge in [-0.2, -0.15) is 0 Å². The van der Waals surface area contributed by atoms with E-state index >= 15 is 0 Å². The Hall–Kier alpha value is -1.22. The molecule has 0 radical (unpaired) electrons. The van der Waals surface area contributed by atoms with Crippen LogP contribution in [0.5, 0.6) is 0 Å². The summed E-state index contributed by atoms with van der Waals surface area (Å²) in [6.45, 7) is 4.63. The zero-order chi connectivity index (χ0) is 16.3. The number of hydrogen-bond donors (Lipinski definition) is 1. The largest absolute Gasteiger partial charge is 0.371 e. The van der Waals surface area contributed by atoms with Gasteiger partial charge >= 0.3 is 0 Å². The number of hydrogen-bond acceptors (Lipinski definition) is 2. The molecule has 0 aliphatic carbocycles. The van der Waals surface area contributed by atoms with Gasteiger partial charge in [-0.25, -0.2) is 0 Å². The molecule has 2 aromatic rings. The molecule has 0 saturated carbocycles. The highest BCUT2D eigenvalue weighted by molar-refractivity contribution is 6.43. The first kappa shape index (κ1) is 15.1. The molecule has 1 fully saturated rings. The molecule has 4 heteroatoms. The molecule has 1 saturated heterocycles. The van der Waals surface area contributed by atoms with Gasteiger partial charge in [0.2, 0.25) is 0 Å². The van der Waals surface area contributed by atoms with Crippen LogP contribution in [0.15, 0.2) is 30.3 Å². The van der Waals surface area contributed by atoms with Crippen LogP contribution >= 0.6 is 23.2 Å². The average Bonchev–Trinajstić information content (AvgIpc) is 3.06. The number of benzene rings is 2. The summed E-state index contributed by atoms with van der Waals surface area (Å²) in [6, 6.07) is 10.6. The lowest BCUT2D eigenvalue weighted by atomic mass is 9.79. The summed E-state index contributed by atoms with van der Waals surface area (Å²) >= 11 is 12.8. The van der Waals surface area contributed by atoms with E-state index in [0.717, 1.165) is 31.0 Å². The number of nitrogens with zero attached hydrogens (tertiary/aromatic N) is 1. The van der Waals surface area contributed by atoms with E-state index in [-0.39, 0.29) is 0 Å². The van der Waals surface area contributed by atoms with E-state index in [9.17, 15) is 0 Å². The molecule has 0 spiro atoms. The molecule has 1 N–H and O–H groups in total. The average molecular weight is 359 g/mol. The van der Waals surface area contributed by atoms with E-state index in [4.69, 9.17) is 23.2 Å². The monoisotopic (exact) mass is 358 g/mol. The first-order valence-electron chi connectivity index (χ1n) is 8.79. The van der Waals surface area contributed by atoms with Crippen molar-refractivity contribution >= 4 is 28.9 Å². The molecule has 124 valence electrons. The van der Waals surface area contributed by atoms with E-state index in [1.54, 1.807) is 0 Å². The van der Waals surface area contributed by atoms with E-state index in [0.29, 0.717) is 16.0 Å². The van der Waals surface area contributed by atoms with Crippen molar-refractivity contribution in [1.29, 1.82) is 0 Å². The minimum absolute atomic E-state index is 0.627. The van der Waals surface area contributed by atoms with Gasteiger partial charge in [0.05, 0.1) is 10.0 Å². The molecule has 2 aromatic carbocycles. The number of aryl methyl sites for hydroxylation is 1. The lowest BCUT2D eigenvalue weighted by Crippen LogP contribution is -2.40. The topological polar surface area (TPSA) is 15.3 Å². The first-order valence-corrected chi connectivity index (χ1v) is 9.55. The number of fused-ring (bicyclic) bond motifs is 2. The number of halogens is 2. The molecule has 3 aliphatic rings. The standard InChI is InChI=1S/C20H20Cl2N2/c21-18-5-1-4-15(19(18)22)13-7-12-3-2-6-24-11-14-9-23-10-17(14)16(8-13)20(12)24/h1,4-5,7-8,14,17,23H,2-3,6,9-11H2/t14?,17-/m1/s1. The molecule has 1 unspecified atom stereocenters. The summed E-state index contributed by atoms with van der Waals surface area (Å²) in [7, 11) is 0. The summed E-state index contributed by atoms with van der Waals surface area (Å²) in [6.07, 6.45) is 2.40. The van der Waals surface area contributed by atoms with Gasteiger partial charge in [-0.05, 0) is 53.6 Å². The maximum Gasteiger partial charge on any atom is 0.0670 e. The molecular weight excluding hydrogens is 339 g/mol. The Labute approximate surface area is 152 Å². The normalized spacial score (nSPS) is 24.7. The molecule has 2 atom stereocenters. The molecule has 3 heterocycles. The van der Waals surface area contributed by atoms with Crippen molar-refractivity contribution in [3.63, 3.8) is 0 Å². The Bertz CT molecular complexity index is 818. The van der Waals surface area contributed by atoms with Crippen LogP contribution in [0.4, 0.5) is 5.69 Å². The second-order valence-electron chi connectivity index (χ2n) is 7.25. The van der Waals surface area contributed by atoms with Gasteiger partial charge in [-0.3, -0.25) is 0 Å². The lowest BCUT2D eigenvalue weighted by Gasteiger charge is -2.42. The van der Waals surface area contributed by atoms with Crippen LogP contribution in [-0.4, -0.2) is 26.2 Å². The highest BCUT2D eigenvalue weighted by Gasteiger charge is 2.39. The van der Waals surface area contributed by atoms with Crippen LogP contribution in [0.1, 0.15) is 23.5 Å². The maximum atomic E-state index is 6.51. The van der Waals surface area contributed by atoms with Gasteiger partial charge in [0.1, 0.15) is 0 Å². The number of rotatable bonds is 1. The van der Waals surface area contributed by atoms with E-state index in [1.165, 1.54) is 41.9 Å². The molecule has 0 aromatic heterocycles. The second-order valence-corrected chi connectivity index (χ2v) is 8.03. The summed E-state index contributed by atoms with van der Waals surface area (Å²) in [4.78, 5) is 2.62. The van der Waals surface area contributed by atoms with E-state index in [2.05, 4.69) is 28.4 Å². The van der Waals surface area contributed by atoms with Crippen LogP contribution in [0, 0.1) is 5.92 Å². The van der Waals surface area contributed by atoms with Crippen LogP contribution in [0.25, 0.3) is 11.1 Å². The third kappa shape index (κ3) is 2.20. The molecule has 0 amide bonds. The Balaban J connectivity index is 1.72. The van der Waals surface area contributed by atoms with Gasteiger partial charge in [-0.1, -0.05) is 35.3 Å². The Kier molecular flexibility index (Phi) is 3.55. The fourth-order valence-electron chi connectivity index (χ4n) is 4.79. The Morgan fingerprint density at radius 3 is 2.96 bits per heavy atom. The SMILES string of the molecule is Clc1cccc(-c2cc3c4c(c2)[C@@H]2CNCC2CN4CCC3)c1Cl. The zero-order valence-corrected chi connectivity index (χ0v) is 15.0. The van der Waals surface area contributed by atoms with Gasteiger partial charge in [0.15, 0.2) is 0 Å². The van der Waals surface area contributed by atoms with Crippen LogP contribution < -0.4 is 10.2 Å². The quantitative estimate of drug-likeness (QED) is 0.792. The third-order valence-corrected chi connectivity index (χ3v) is 6.68. The van der Waals surface area contributed by atoms with Crippen molar-refractivity contribution in [1.82, 2.24) is 5.32 Å². The first-order chi connectivity index (χ1) is 11.7. The van der Waals surface area contributed by atoms with E-state index < -0.39 is 0 Å². The number of nitrogens with one attached hydrogen (secondary N) is 1. The van der Waals surface area contributed by atoms with Gasteiger partial charge in [-0.15, -0.1) is 0 Å². The van der Waals surface area contributed by atoms with Gasteiger partial charge in [0, 0.05) is 43.3 Å². The van der Waals surface area contributed by atoms with Crippen LogP contribution in [-0.2, 0) is 6.42 Å². The second kappa shape index (κ2) is 5.66. The third-order valence-electron chi connectivity index (χ3n) is 5.87. The minimum atomic E-state index is 0.627. The summed E-state index contributed by atoms with van der Waals surface area (Å²) < 4.78 is 0. The molecular formula is C20H20Cl2N2. The van der Waals surface area contributed by atoms with Crippen molar-refractivity contribution in [3.8, 4) is 11.1 Å². The predicted molar refractivity (Wildman–Crippen MR) is 102 cm³/mol. The molecule has 2 nitrogen and oxygen atoms in total. The predicted octanol–water partition coefficient (Wildman–Crippen LogP) is 4.73. The Morgan fingerprint density at radius 1 is 1.12 bits per heavy atom. The summed E-state index contributed by atoms with van der Waals surface area (Å²) in [5, 5.41) is 4.89. The van der Waals surface area contributed by atoms with Crippen molar-refractivity contribution in [2.75, 3.05) is 31.1 Å². The van der Waals surface area contributed by atoms with Crippen molar-refractivity contribution < 1.29 is 0 Å². The minimum Gasteiger partial charge on any atom is -0.371 e. The fraction of sp³-hybridized carbons (Fsp3) is 0.400. The Morgan fingerprint density at radius 2 is 2.04 bits per heavy atom. The molecule has 24 heavy (non-hydrogen) atoms. The molecule has 3 aliphatic heterocycles. The number of anilines is 1. The summed E-state index contributed by atoms with van der Waals surface area (Å²) in [5.74, 6) is 1.36. The maximum absolute atomic E-state index is 6.51. The molecule has 5 rings (SSSR count). The zero-order valence-electron chi connectivity index (χ0n) is 13.5. The van der Waals surface area contributed by atoms with Crippen LogP contribution in [0.3, 0.4) is 0 Å². The van der Waals surface area contributed by atoms with Gasteiger partial charge < -0.3 is 10.2 Å². The van der Waals surface area contributed by atoms with Crippen molar-refractivity contribution in [2.45, 2.75) is 18.8 Å². The smallest absolute Gasteiger partial charge is 0.0670 e. The molecule has 0 bridgehead atoms. The van der Waals surface area contributed by atoms with Crippen molar-refractivity contribution in [3.05, 3.63) is 51.5 Å². The fourth-order valence-corrected chi connectivity index (χ4v) is 5.20. The van der Waals surface area contributed by atoms with Crippen molar-refractivity contribution in [2.24, 2.45) is 5.92 Å². The highest BCUT2D eigenvalue weighted by atomic mass is 35.5. The van der Waals surface area contributed by atoms with Crippen LogP contribution in [0.2, 0.25) is 10.0 Å². The lowest BCUT2D eigenvalue weighted by molar-refractivity contribution is 0.470. The van der Waals surface area contributed by atoms with Gasteiger partial charge in [0.25, 0.3) is 0 Å². The van der Waals surface area contributed by atoms with E-state index in [1.807, 2.05) is 12.1 Å². The highest BCUT2D eigenvalue weighted by Crippen LogP contribution is 2.47.